The van der Waals surface area contributed by atoms with Crippen LogP contribution in [0, 0.1) is 0 Å². The Morgan fingerprint density at radius 1 is 1.12 bits per heavy atom. The van der Waals surface area contributed by atoms with Crippen molar-refractivity contribution >= 4 is 28.5 Å². The van der Waals surface area contributed by atoms with Gasteiger partial charge in [0.05, 0.1) is 24.4 Å². The number of benzene rings is 2. The maximum atomic E-state index is 12.9. The molecule has 174 valence electrons. The minimum atomic E-state index is -0.705. The molecule has 0 aliphatic rings. The number of rotatable bonds is 6. The molecule has 4 aromatic rings. The molecule has 2 aromatic heterocycles. The van der Waals surface area contributed by atoms with E-state index in [2.05, 4.69) is 20.5 Å². The van der Waals surface area contributed by atoms with Gasteiger partial charge < -0.3 is 20.7 Å². The Kier molecular flexibility index (Phi) is 6.29. The van der Waals surface area contributed by atoms with Crippen LogP contribution in [-0.2, 0) is 4.79 Å². The van der Waals surface area contributed by atoms with Crippen LogP contribution in [0.15, 0.2) is 54.7 Å². The average Bonchev–Trinajstić information content (AvgIpc) is 3.26. The summed E-state index contributed by atoms with van der Waals surface area (Å²) in [5, 5.41) is 11.0. The standard InChI is InChI=1S/C25H26N6O3/c1-14(26)24(32)28-20-10-9-15(11-18(20)25(33)31(2)3)16-12-19-22(29-30-23(19)27-13-16)17-7-5-6-8-21(17)34-4/h5-14H,26H2,1-4H3,(H,28,32)(H,27,29,30)/t14-/m0/s1. The average molecular weight is 459 g/mol. The highest BCUT2D eigenvalue weighted by atomic mass is 16.5. The number of nitrogens with one attached hydrogen (secondary N) is 2. The number of nitrogens with zero attached hydrogens (tertiary/aromatic N) is 3. The maximum Gasteiger partial charge on any atom is 0.255 e. The number of para-hydroxylation sites is 1. The first-order valence-electron chi connectivity index (χ1n) is 10.7. The van der Waals surface area contributed by atoms with Gasteiger partial charge in [-0.1, -0.05) is 18.2 Å². The zero-order chi connectivity index (χ0) is 24.4. The van der Waals surface area contributed by atoms with Crippen molar-refractivity contribution in [2.45, 2.75) is 13.0 Å². The number of carbonyl (C=O) groups is 2. The minimum Gasteiger partial charge on any atom is -0.496 e. The second-order valence-corrected chi connectivity index (χ2v) is 8.13. The molecule has 0 aliphatic carbocycles. The Bertz CT molecular complexity index is 1380. The number of H-pyrrole nitrogens is 1. The lowest BCUT2D eigenvalue weighted by Gasteiger charge is -2.17. The lowest BCUT2D eigenvalue weighted by atomic mass is 10.00. The summed E-state index contributed by atoms with van der Waals surface area (Å²) in [7, 11) is 4.93. The van der Waals surface area contributed by atoms with Crippen LogP contribution >= 0.6 is 0 Å². The SMILES string of the molecule is COc1ccccc1-c1n[nH]c2ncc(-c3ccc(NC(=O)[C@H](C)N)c(C(=O)N(C)C)c3)cc12. The zero-order valence-electron chi connectivity index (χ0n) is 19.4. The first kappa shape index (κ1) is 22.9. The fourth-order valence-corrected chi connectivity index (χ4v) is 3.60. The largest absolute Gasteiger partial charge is 0.496 e. The number of fused-ring (bicyclic) bond motifs is 1. The fraction of sp³-hybridized carbons (Fsp3) is 0.200. The molecule has 2 heterocycles. The number of amides is 2. The summed E-state index contributed by atoms with van der Waals surface area (Å²) in [5.74, 6) is 0.0896. The molecule has 0 saturated heterocycles. The molecule has 0 radical (unpaired) electrons. The van der Waals surface area contributed by atoms with Crippen LogP contribution in [0.1, 0.15) is 17.3 Å². The number of aromatic amines is 1. The highest BCUT2D eigenvalue weighted by Gasteiger charge is 2.19. The Hall–Kier alpha value is -4.24. The molecule has 0 fully saturated rings. The van der Waals surface area contributed by atoms with Gasteiger partial charge in [0, 0.05) is 36.8 Å². The predicted octanol–water partition coefficient (Wildman–Crippen LogP) is 3.29. The van der Waals surface area contributed by atoms with Crippen molar-refractivity contribution < 1.29 is 14.3 Å². The van der Waals surface area contributed by atoms with Crippen molar-refractivity contribution in [3.8, 4) is 28.1 Å². The lowest BCUT2D eigenvalue weighted by molar-refractivity contribution is -0.117. The molecule has 4 N–H and O–H groups in total. The number of carbonyl (C=O) groups excluding carboxylic acids is 2. The van der Waals surface area contributed by atoms with Gasteiger partial charge >= 0.3 is 0 Å². The lowest BCUT2D eigenvalue weighted by Crippen LogP contribution is -2.33. The number of aromatic nitrogens is 3. The van der Waals surface area contributed by atoms with Gasteiger partial charge in [-0.05, 0) is 42.8 Å². The number of ether oxygens (including phenoxy) is 1. The molecule has 1 atom stereocenters. The number of hydrogen-bond donors (Lipinski definition) is 3. The van der Waals surface area contributed by atoms with E-state index < -0.39 is 6.04 Å². The van der Waals surface area contributed by atoms with Crippen molar-refractivity contribution in [1.29, 1.82) is 0 Å². The molecule has 34 heavy (non-hydrogen) atoms. The van der Waals surface area contributed by atoms with Gasteiger partial charge in [0.25, 0.3) is 5.91 Å². The fourth-order valence-electron chi connectivity index (χ4n) is 3.60. The Morgan fingerprint density at radius 3 is 2.59 bits per heavy atom. The van der Waals surface area contributed by atoms with E-state index in [9.17, 15) is 9.59 Å². The molecule has 0 unspecified atom stereocenters. The van der Waals surface area contributed by atoms with Crippen molar-refractivity contribution in [2.24, 2.45) is 5.73 Å². The maximum absolute atomic E-state index is 12.9. The summed E-state index contributed by atoms with van der Waals surface area (Å²) in [6.07, 6.45) is 1.71. The zero-order valence-corrected chi connectivity index (χ0v) is 19.4. The molecule has 0 saturated carbocycles. The third kappa shape index (κ3) is 4.33. The van der Waals surface area contributed by atoms with Crippen LogP contribution in [0.3, 0.4) is 0 Å². The Balaban J connectivity index is 1.81. The second-order valence-electron chi connectivity index (χ2n) is 8.13. The number of hydrogen-bond acceptors (Lipinski definition) is 6. The van der Waals surface area contributed by atoms with E-state index in [-0.39, 0.29) is 11.8 Å². The Morgan fingerprint density at radius 2 is 1.88 bits per heavy atom. The van der Waals surface area contributed by atoms with Crippen LogP contribution in [0.5, 0.6) is 5.75 Å². The van der Waals surface area contributed by atoms with E-state index in [4.69, 9.17) is 10.5 Å². The van der Waals surface area contributed by atoms with Gasteiger partial charge in [0.2, 0.25) is 5.91 Å². The molecule has 2 amide bonds. The van der Waals surface area contributed by atoms with E-state index in [1.807, 2.05) is 36.4 Å². The normalized spacial score (nSPS) is 11.8. The summed E-state index contributed by atoms with van der Waals surface area (Å²) < 4.78 is 5.50. The molecule has 2 aromatic carbocycles. The van der Waals surface area contributed by atoms with E-state index >= 15 is 0 Å². The quantitative estimate of drug-likeness (QED) is 0.407. The third-order valence-corrected chi connectivity index (χ3v) is 5.44. The van der Waals surface area contributed by atoms with Gasteiger partial charge in [0.15, 0.2) is 5.65 Å². The van der Waals surface area contributed by atoms with Gasteiger partial charge in [-0.15, -0.1) is 0 Å². The van der Waals surface area contributed by atoms with Crippen molar-refractivity contribution in [1.82, 2.24) is 20.1 Å². The predicted molar refractivity (Wildman–Crippen MR) is 132 cm³/mol. The molecular weight excluding hydrogens is 432 g/mol. The van der Waals surface area contributed by atoms with Crippen molar-refractivity contribution in [2.75, 3.05) is 26.5 Å². The second kappa shape index (κ2) is 9.32. The third-order valence-electron chi connectivity index (χ3n) is 5.44. The summed E-state index contributed by atoms with van der Waals surface area (Å²) in [4.78, 5) is 31.0. The number of methoxy groups -OCH3 is 1. The van der Waals surface area contributed by atoms with E-state index in [0.29, 0.717) is 28.3 Å². The molecule has 0 aliphatic heterocycles. The molecule has 0 bridgehead atoms. The molecule has 9 nitrogen and oxygen atoms in total. The summed E-state index contributed by atoms with van der Waals surface area (Å²) in [5.41, 5.74) is 10.2. The van der Waals surface area contributed by atoms with Crippen molar-refractivity contribution in [3.63, 3.8) is 0 Å². The molecule has 0 spiro atoms. The molecular formula is C25H26N6O3. The minimum absolute atomic E-state index is 0.242. The van der Waals surface area contributed by atoms with Gasteiger partial charge in [-0.2, -0.15) is 5.10 Å². The highest BCUT2D eigenvalue weighted by Crippen LogP contribution is 2.35. The first-order chi connectivity index (χ1) is 16.3. The van der Waals surface area contributed by atoms with Crippen LogP contribution in [-0.4, -0.2) is 59.1 Å². The van der Waals surface area contributed by atoms with Crippen LogP contribution < -0.4 is 15.8 Å². The van der Waals surface area contributed by atoms with E-state index in [1.54, 1.807) is 46.5 Å². The summed E-state index contributed by atoms with van der Waals surface area (Å²) >= 11 is 0. The smallest absolute Gasteiger partial charge is 0.255 e. The molecule has 9 heteroatoms. The molecule has 4 rings (SSSR count). The van der Waals surface area contributed by atoms with Crippen LogP contribution in [0.25, 0.3) is 33.4 Å². The van der Waals surface area contributed by atoms with Crippen molar-refractivity contribution in [3.05, 3.63) is 60.3 Å². The van der Waals surface area contributed by atoms with Gasteiger partial charge in [-0.3, -0.25) is 14.7 Å². The summed E-state index contributed by atoms with van der Waals surface area (Å²) in [6, 6.07) is 14.2. The number of nitrogens with two attached hydrogens (primary N) is 1. The highest BCUT2D eigenvalue weighted by molar-refractivity contribution is 6.05. The van der Waals surface area contributed by atoms with Crippen LogP contribution in [0.2, 0.25) is 0 Å². The Labute approximate surface area is 196 Å². The van der Waals surface area contributed by atoms with Gasteiger partial charge in [-0.25, -0.2) is 4.98 Å². The van der Waals surface area contributed by atoms with Gasteiger partial charge in [0.1, 0.15) is 11.4 Å². The van der Waals surface area contributed by atoms with E-state index in [1.165, 1.54) is 4.90 Å². The number of pyridine rings is 1. The number of anilines is 1. The topological polar surface area (TPSA) is 126 Å². The first-order valence-corrected chi connectivity index (χ1v) is 10.7. The van der Waals surface area contributed by atoms with Crippen LogP contribution in [0.4, 0.5) is 5.69 Å². The summed E-state index contributed by atoms with van der Waals surface area (Å²) in [6.45, 7) is 1.59. The monoisotopic (exact) mass is 458 g/mol. The van der Waals surface area contributed by atoms with E-state index in [0.717, 1.165) is 22.1 Å².